The Balaban J connectivity index is 1.40. The molecule has 0 amide bonds. The molecule has 0 unspecified atom stereocenters. The molecule has 0 aliphatic heterocycles. The fraction of sp³-hybridized carbons (Fsp3) is 0. The number of ether oxygens (including phenoxy) is 2. The van der Waals surface area contributed by atoms with Crippen molar-refractivity contribution in [2.45, 2.75) is 0 Å². The maximum Gasteiger partial charge on any atom is 0.325 e. The van der Waals surface area contributed by atoms with Gasteiger partial charge >= 0.3 is 6.01 Å². The Hall–Kier alpha value is -4.52. The minimum Gasteiger partial charge on any atom is -0.463 e. The van der Waals surface area contributed by atoms with Gasteiger partial charge in [-0.15, -0.1) is 0 Å². The van der Waals surface area contributed by atoms with Crippen LogP contribution in [0.4, 0.5) is 4.39 Å². The van der Waals surface area contributed by atoms with Gasteiger partial charge in [0.1, 0.15) is 29.2 Å². The summed E-state index contributed by atoms with van der Waals surface area (Å²) in [6.07, 6.45) is 2.92. The first kappa shape index (κ1) is 19.4. The summed E-state index contributed by atoms with van der Waals surface area (Å²) >= 11 is 0. The minimum atomic E-state index is -0.358. The lowest BCUT2D eigenvalue weighted by Gasteiger charge is -2.08. The van der Waals surface area contributed by atoms with Gasteiger partial charge < -0.3 is 13.9 Å². The average molecular weight is 426 g/mol. The molecule has 5 aromatic rings. The second-order valence-corrected chi connectivity index (χ2v) is 6.84. The number of hydrogen-bond donors (Lipinski definition) is 0. The smallest absolute Gasteiger partial charge is 0.325 e. The molecule has 156 valence electrons. The normalized spacial score (nSPS) is 10.8. The molecule has 0 saturated heterocycles. The third-order valence-electron chi connectivity index (χ3n) is 4.68. The predicted molar refractivity (Wildman–Crippen MR) is 117 cm³/mol. The van der Waals surface area contributed by atoms with Gasteiger partial charge in [-0.25, -0.2) is 9.37 Å². The highest BCUT2D eigenvalue weighted by molar-refractivity contribution is 5.82. The van der Waals surface area contributed by atoms with E-state index in [2.05, 4.69) is 9.97 Å². The number of benzene rings is 3. The van der Waals surface area contributed by atoms with Gasteiger partial charge in [-0.1, -0.05) is 30.3 Å². The molecule has 0 aliphatic carbocycles. The van der Waals surface area contributed by atoms with Crippen molar-refractivity contribution < 1.29 is 18.3 Å². The molecule has 3 aromatic carbocycles. The molecule has 2 heterocycles. The standard InChI is InChI=1S/C25H15FN2O4/c26-17-6-8-18(9-7-17)31-23-12-13-27-25(28-23)32-19-10-11-20-22(14-19)30-15-21(24(20)29)16-4-2-1-3-5-16/h1-15H. The average Bonchev–Trinajstić information content (AvgIpc) is 2.82. The molecule has 2 aromatic heterocycles. The van der Waals surface area contributed by atoms with Gasteiger partial charge in [0.05, 0.1) is 10.9 Å². The summed E-state index contributed by atoms with van der Waals surface area (Å²) in [6, 6.07) is 21.4. The summed E-state index contributed by atoms with van der Waals surface area (Å²) in [5.74, 6) is 0.703. The molecule has 6 nitrogen and oxygen atoms in total. The van der Waals surface area contributed by atoms with Gasteiger partial charge in [-0.3, -0.25) is 4.79 Å². The Morgan fingerprint density at radius 2 is 1.62 bits per heavy atom. The van der Waals surface area contributed by atoms with Crippen LogP contribution in [0.15, 0.2) is 101 Å². The largest absolute Gasteiger partial charge is 0.463 e. The SMILES string of the molecule is O=c1c(-c2ccccc2)coc2cc(Oc3nccc(Oc4ccc(F)cc4)n3)ccc12. The van der Waals surface area contributed by atoms with E-state index in [1.165, 1.54) is 36.7 Å². The van der Waals surface area contributed by atoms with Crippen molar-refractivity contribution in [2.24, 2.45) is 0 Å². The van der Waals surface area contributed by atoms with Gasteiger partial charge in [0, 0.05) is 18.3 Å². The molecular weight excluding hydrogens is 411 g/mol. The molecule has 7 heteroatoms. The second-order valence-electron chi connectivity index (χ2n) is 6.84. The monoisotopic (exact) mass is 426 g/mol. The molecule has 0 bridgehead atoms. The number of nitrogens with zero attached hydrogens (tertiary/aromatic N) is 2. The van der Waals surface area contributed by atoms with Crippen molar-refractivity contribution in [3.8, 4) is 34.5 Å². The molecule has 0 fully saturated rings. The molecule has 32 heavy (non-hydrogen) atoms. The van der Waals surface area contributed by atoms with Crippen LogP contribution in [0.2, 0.25) is 0 Å². The molecule has 0 spiro atoms. The number of aromatic nitrogens is 2. The van der Waals surface area contributed by atoms with Crippen LogP contribution < -0.4 is 14.9 Å². The lowest BCUT2D eigenvalue weighted by molar-refractivity contribution is 0.411. The van der Waals surface area contributed by atoms with E-state index in [1.54, 1.807) is 24.3 Å². The second kappa shape index (κ2) is 8.31. The maximum absolute atomic E-state index is 13.0. The zero-order chi connectivity index (χ0) is 21.9. The van der Waals surface area contributed by atoms with E-state index in [1.807, 2.05) is 30.3 Å². The van der Waals surface area contributed by atoms with Gasteiger partial charge in [0.15, 0.2) is 5.43 Å². The quantitative estimate of drug-likeness (QED) is 0.344. The predicted octanol–water partition coefficient (Wildman–Crippen LogP) is 5.97. The Labute approximate surface area is 181 Å². The Bertz CT molecular complexity index is 1450. The fourth-order valence-electron chi connectivity index (χ4n) is 3.15. The van der Waals surface area contributed by atoms with E-state index < -0.39 is 0 Å². The number of halogens is 1. The van der Waals surface area contributed by atoms with E-state index >= 15 is 0 Å². The Morgan fingerprint density at radius 1 is 0.844 bits per heavy atom. The number of fused-ring (bicyclic) bond motifs is 1. The van der Waals surface area contributed by atoms with Gasteiger partial charge in [0.2, 0.25) is 5.88 Å². The molecule has 0 atom stereocenters. The zero-order valence-electron chi connectivity index (χ0n) is 16.6. The summed E-state index contributed by atoms with van der Waals surface area (Å²) in [4.78, 5) is 21.1. The summed E-state index contributed by atoms with van der Waals surface area (Å²) < 4.78 is 30.1. The van der Waals surface area contributed by atoms with E-state index in [0.29, 0.717) is 28.0 Å². The van der Waals surface area contributed by atoms with Crippen molar-refractivity contribution in [2.75, 3.05) is 0 Å². The van der Waals surface area contributed by atoms with Gasteiger partial charge in [-0.2, -0.15) is 4.98 Å². The highest BCUT2D eigenvalue weighted by atomic mass is 19.1. The lowest BCUT2D eigenvalue weighted by Crippen LogP contribution is -2.04. The third-order valence-corrected chi connectivity index (χ3v) is 4.68. The Morgan fingerprint density at radius 3 is 2.44 bits per heavy atom. The summed E-state index contributed by atoms with van der Waals surface area (Å²) in [6.45, 7) is 0. The van der Waals surface area contributed by atoms with Crippen molar-refractivity contribution in [3.05, 3.63) is 107 Å². The first-order valence-corrected chi connectivity index (χ1v) is 9.71. The third kappa shape index (κ3) is 4.04. The molecule has 0 aliphatic rings. The number of rotatable bonds is 5. The Kier molecular flexibility index (Phi) is 5.05. The van der Waals surface area contributed by atoms with Crippen LogP contribution in [-0.2, 0) is 0 Å². The minimum absolute atomic E-state index is 0.0483. The van der Waals surface area contributed by atoms with E-state index in [0.717, 1.165) is 5.56 Å². The van der Waals surface area contributed by atoms with Gasteiger partial charge in [-0.05, 0) is 42.0 Å². The fourth-order valence-corrected chi connectivity index (χ4v) is 3.15. The van der Waals surface area contributed by atoms with Gasteiger partial charge in [0.25, 0.3) is 0 Å². The summed E-state index contributed by atoms with van der Waals surface area (Å²) in [5, 5.41) is 0.438. The topological polar surface area (TPSA) is 74.5 Å². The number of hydrogen-bond acceptors (Lipinski definition) is 6. The van der Waals surface area contributed by atoms with Crippen LogP contribution in [0, 0.1) is 5.82 Å². The molecule has 0 radical (unpaired) electrons. The molecule has 5 rings (SSSR count). The highest BCUT2D eigenvalue weighted by Crippen LogP contribution is 2.26. The van der Waals surface area contributed by atoms with E-state index in [-0.39, 0.29) is 23.1 Å². The van der Waals surface area contributed by atoms with Crippen molar-refractivity contribution in [3.63, 3.8) is 0 Å². The summed E-state index contributed by atoms with van der Waals surface area (Å²) in [5.41, 5.74) is 1.52. The molecule has 0 N–H and O–H groups in total. The highest BCUT2D eigenvalue weighted by Gasteiger charge is 2.11. The van der Waals surface area contributed by atoms with Crippen LogP contribution >= 0.6 is 0 Å². The lowest BCUT2D eigenvalue weighted by atomic mass is 10.1. The van der Waals surface area contributed by atoms with Crippen molar-refractivity contribution >= 4 is 11.0 Å². The maximum atomic E-state index is 13.0. The zero-order valence-corrected chi connectivity index (χ0v) is 16.6. The molecular formula is C25H15FN2O4. The van der Waals surface area contributed by atoms with Crippen molar-refractivity contribution in [1.29, 1.82) is 0 Å². The summed E-state index contributed by atoms with van der Waals surface area (Å²) in [7, 11) is 0. The van der Waals surface area contributed by atoms with Crippen molar-refractivity contribution in [1.82, 2.24) is 9.97 Å². The van der Waals surface area contributed by atoms with E-state index in [9.17, 15) is 9.18 Å². The van der Waals surface area contributed by atoms with Crippen LogP contribution in [0.25, 0.3) is 22.1 Å². The van der Waals surface area contributed by atoms with Crippen LogP contribution in [-0.4, -0.2) is 9.97 Å². The first-order chi connectivity index (χ1) is 15.7. The van der Waals surface area contributed by atoms with Crippen LogP contribution in [0.3, 0.4) is 0 Å². The van der Waals surface area contributed by atoms with E-state index in [4.69, 9.17) is 13.9 Å². The molecule has 0 saturated carbocycles. The van der Waals surface area contributed by atoms with Crippen LogP contribution in [0.1, 0.15) is 0 Å². The first-order valence-electron chi connectivity index (χ1n) is 9.71. The van der Waals surface area contributed by atoms with Crippen LogP contribution in [0.5, 0.6) is 23.4 Å².